The minimum atomic E-state index is -0.0789. The van der Waals surface area contributed by atoms with Gasteiger partial charge in [-0.15, -0.1) is 10.2 Å². The number of hydrogen-bond acceptors (Lipinski definition) is 4. The molecule has 1 saturated heterocycles. The first-order valence-corrected chi connectivity index (χ1v) is 9.09. The summed E-state index contributed by atoms with van der Waals surface area (Å²) in [6.45, 7) is 3.59. The van der Waals surface area contributed by atoms with E-state index in [1.165, 1.54) is 18.6 Å². The second-order valence-electron chi connectivity index (χ2n) is 6.16. The van der Waals surface area contributed by atoms with Gasteiger partial charge in [-0.3, -0.25) is 4.40 Å². The lowest BCUT2D eigenvalue weighted by atomic mass is 10.1. The van der Waals surface area contributed by atoms with E-state index in [1.807, 2.05) is 40.6 Å². The standard InChI is InChI=1S/C16H23N5OS/c1-16(8-5-11-23-16)12-18-15(22)17-9-4-7-14-20-19-13-6-2-3-10-21(13)14/h2-3,6,10H,4-5,7-9,11-12H2,1H3,(H2,17,18,22)/t16-/m1/s1. The van der Waals surface area contributed by atoms with Gasteiger partial charge in [-0.25, -0.2) is 4.79 Å². The van der Waals surface area contributed by atoms with Crippen LogP contribution in [0, 0.1) is 0 Å². The fourth-order valence-electron chi connectivity index (χ4n) is 2.82. The zero-order chi connectivity index (χ0) is 16.1. The number of pyridine rings is 1. The Balaban J connectivity index is 1.37. The van der Waals surface area contributed by atoms with E-state index in [0.29, 0.717) is 6.54 Å². The summed E-state index contributed by atoms with van der Waals surface area (Å²) < 4.78 is 2.19. The summed E-state index contributed by atoms with van der Waals surface area (Å²) in [6.07, 6.45) is 6.02. The van der Waals surface area contributed by atoms with Gasteiger partial charge in [0.25, 0.3) is 0 Å². The molecule has 1 aliphatic rings. The highest BCUT2D eigenvalue weighted by molar-refractivity contribution is 8.00. The van der Waals surface area contributed by atoms with Crippen molar-refractivity contribution < 1.29 is 4.79 Å². The fourth-order valence-corrected chi connectivity index (χ4v) is 4.06. The minimum Gasteiger partial charge on any atom is -0.338 e. The number of thioether (sulfide) groups is 1. The van der Waals surface area contributed by atoms with E-state index in [0.717, 1.165) is 30.9 Å². The highest BCUT2D eigenvalue weighted by Gasteiger charge is 2.29. The van der Waals surface area contributed by atoms with Gasteiger partial charge in [0, 0.05) is 30.5 Å². The van der Waals surface area contributed by atoms with Gasteiger partial charge < -0.3 is 10.6 Å². The molecule has 1 fully saturated rings. The molecule has 3 rings (SSSR count). The number of fused-ring (bicyclic) bond motifs is 1. The molecule has 2 aromatic rings. The molecule has 0 saturated carbocycles. The van der Waals surface area contributed by atoms with Crippen LogP contribution in [0.2, 0.25) is 0 Å². The minimum absolute atomic E-state index is 0.0789. The molecule has 2 N–H and O–H groups in total. The maximum absolute atomic E-state index is 11.9. The first kappa shape index (κ1) is 16.1. The van der Waals surface area contributed by atoms with E-state index in [2.05, 4.69) is 27.8 Å². The Labute approximate surface area is 140 Å². The van der Waals surface area contributed by atoms with Crippen molar-refractivity contribution in [3.63, 3.8) is 0 Å². The molecule has 2 aromatic heterocycles. The van der Waals surface area contributed by atoms with Gasteiger partial charge in [-0.2, -0.15) is 11.8 Å². The van der Waals surface area contributed by atoms with Crippen LogP contribution in [0.15, 0.2) is 24.4 Å². The first-order valence-electron chi connectivity index (χ1n) is 8.11. The number of nitrogens with zero attached hydrogens (tertiary/aromatic N) is 3. The third kappa shape index (κ3) is 4.16. The number of carbonyl (C=O) groups excluding carboxylic acids is 1. The summed E-state index contributed by atoms with van der Waals surface area (Å²) in [4.78, 5) is 11.9. The highest BCUT2D eigenvalue weighted by Crippen LogP contribution is 2.36. The Morgan fingerprint density at radius 1 is 1.39 bits per heavy atom. The summed E-state index contributed by atoms with van der Waals surface area (Å²) in [5.74, 6) is 2.13. The molecule has 3 heterocycles. The topological polar surface area (TPSA) is 71.3 Å². The van der Waals surface area contributed by atoms with Crippen LogP contribution in [0.3, 0.4) is 0 Å². The molecule has 0 aliphatic carbocycles. The molecule has 7 heteroatoms. The van der Waals surface area contributed by atoms with Gasteiger partial charge in [0.05, 0.1) is 0 Å². The normalized spacial score (nSPS) is 20.7. The Morgan fingerprint density at radius 2 is 2.30 bits per heavy atom. The molecule has 1 aliphatic heterocycles. The number of nitrogens with one attached hydrogen (secondary N) is 2. The number of amides is 2. The molecular formula is C16H23N5OS. The van der Waals surface area contributed by atoms with Crippen molar-refractivity contribution >= 4 is 23.4 Å². The number of rotatable bonds is 6. The molecule has 0 spiro atoms. The second kappa shape index (κ2) is 7.21. The molecule has 0 aromatic carbocycles. The molecule has 6 nitrogen and oxygen atoms in total. The number of carbonyl (C=O) groups is 1. The van der Waals surface area contributed by atoms with E-state index in [4.69, 9.17) is 0 Å². The molecular weight excluding hydrogens is 310 g/mol. The number of urea groups is 1. The van der Waals surface area contributed by atoms with Crippen molar-refractivity contribution in [3.8, 4) is 0 Å². The summed E-state index contributed by atoms with van der Waals surface area (Å²) >= 11 is 1.95. The van der Waals surface area contributed by atoms with Crippen molar-refractivity contribution in [1.82, 2.24) is 25.2 Å². The molecule has 1 atom stereocenters. The van der Waals surface area contributed by atoms with E-state index < -0.39 is 0 Å². The van der Waals surface area contributed by atoms with Crippen LogP contribution < -0.4 is 10.6 Å². The smallest absolute Gasteiger partial charge is 0.314 e. The van der Waals surface area contributed by atoms with Gasteiger partial charge in [0.15, 0.2) is 5.65 Å². The van der Waals surface area contributed by atoms with Crippen LogP contribution in [0.5, 0.6) is 0 Å². The van der Waals surface area contributed by atoms with Crippen molar-refractivity contribution in [3.05, 3.63) is 30.2 Å². The maximum atomic E-state index is 11.9. The van der Waals surface area contributed by atoms with Crippen LogP contribution in [0.4, 0.5) is 4.79 Å². The van der Waals surface area contributed by atoms with Crippen molar-refractivity contribution in [2.24, 2.45) is 0 Å². The third-order valence-corrected chi connectivity index (χ3v) is 5.71. The molecule has 23 heavy (non-hydrogen) atoms. The number of aromatic nitrogens is 3. The average molecular weight is 333 g/mol. The van der Waals surface area contributed by atoms with E-state index >= 15 is 0 Å². The van der Waals surface area contributed by atoms with Gasteiger partial charge >= 0.3 is 6.03 Å². The predicted molar refractivity (Wildman–Crippen MR) is 92.8 cm³/mol. The first-order chi connectivity index (χ1) is 11.2. The summed E-state index contributed by atoms with van der Waals surface area (Å²) in [5, 5.41) is 14.2. The van der Waals surface area contributed by atoms with Crippen molar-refractivity contribution in [2.75, 3.05) is 18.8 Å². The zero-order valence-corrected chi connectivity index (χ0v) is 14.2. The number of aryl methyl sites for hydroxylation is 1. The predicted octanol–water partition coefficient (Wildman–Crippen LogP) is 2.25. The van der Waals surface area contributed by atoms with E-state index in [-0.39, 0.29) is 10.8 Å². The largest absolute Gasteiger partial charge is 0.338 e. The Hall–Kier alpha value is -1.76. The van der Waals surface area contributed by atoms with Gasteiger partial charge in [-0.1, -0.05) is 6.07 Å². The Kier molecular flexibility index (Phi) is 5.05. The molecule has 0 unspecified atom stereocenters. The summed E-state index contributed by atoms with van der Waals surface area (Å²) in [5.41, 5.74) is 0.857. The second-order valence-corrected chi connectivity index (χ2v) is 7.84. The Bertz CT molecular complexity index is 665. The quantitative estimate of drug-likeness (QED) is 0.796. The third-order valence-electron chi connectivity index (χ3n) is 4.17. The van der Waals surface area contributed by atoms with Crippen LogP contribution in [0.25, 0.3) is 5.65 Å². The molecule has 0 bridgehead atoms. The van der Waals surface area contributed by atoms with E-state index in [1.54, 1.807) is 0 Å². The van der Waals surface area contributed by atoms with Gasteiger partial charge in [-0.05, 0) is 44.1 Å². The van der Waals surface area contributed by atoms with E-state index in [9.17, 15) is 4.79 Å². The summed E-state index contributed by atoms with van der Waals surface area (Å²) in [6, 6.07) is 5.77. The molecule has 0 radical (unpaired) electrons. The number of hydrogen-bond donors (Lipinski definition) is 2. The fraction of sp³-hybridized carbons (Fsp3) is 0.562. The highest BCUT2D eigenvalue weighted by atomic mass is 32.2. The Morgan fingerprint density at radius 3 is 3.13 bits per heavy atom. The summed E-state index contributed by atoms with van der Waals surface area (Å²) in [7, 11) is 0. The lowest BCUT2D eigenvalue weighted by Crippen LogP contribution is -2.42. The lowest BCUT2D eigenvalue weighted by Gasteiger charge is -2.22. The van der Waals surface area contributed by atoms with Crippen molar-refractivity contribution in [2.45, 2.75) is 37.4 Å². The monoisotopic (exact) mass is 333 g/mol. The SMILES string of the molecule is C[C@]1(CNC(=O)NCCCc2nnc3ccccn23)CCCS1. The lowest BCUT2D eigenvalue weighted by molar-refractivity contribution is 0.239. The average Bonchev–Trinajstić information content (AvgIpc) is 3.17. The van der Waals surface area contributed by atoms with Crippen LogP contribution in [-0.4, -0.2) is 44.2 Å². The van der Waals surface area contributed by atoms with Gasteiger partial charge in [0.2, 0.25) is 0 Å². The zero-order valence-electron chi connectivity index (χ0n) is 13.4. The van der Waals surface area contributed by atoms with Crippen LogP contribution in [-0.2, 0) is 6.42 Å². The van der Waals surface area contributed by atoms with Gasteiger partial charge in [0.1, 0.15) is 5.82 Å². The van der Waals surface area contributed by atoms with Crippen LogP contribution in [0.1, 0.15) is 32.0 Å². The van der Waals surface area contributed by atoms with Crippen LogP contribution >= 0.6 is 11.8 Å². The van der Waals surface area contributed by atoms with Crippen molar-refractivity contribution in [1.29, 1.82) is 0 Å². The molecule has 124 valence electrons. The maximum Gasteiger partial charge on any atom is 0.314 e. The molecule has 2 amide bonds.